The highest BCUT2D eigenvalue weighted by atomic mass is 35.5. The number of nitrogen functional groups attached to an aromatic ring is 7. The van der Waals surface area contributed by atoms with Crippen molar-refractivity contribution in [3.05, 3.63) is 328 Å². The molecule has 131 heavy (non-hydrogen) atoms. The number of fused-ring (bicyclic) bond motifs is 8. The summed E-state index contributed by atoms with van der Waals surface area (Å²) in [6.45, 7) is 14.4. The van der Waals surface area contributed by atoms with Crippen LogP contribution in [0.25, 0.3) is 76.3 Å². The number of carboxylic acid groups (broad SMARTS) is 2. The lowest BCUT2D eigenvalue weighted by Gasteiger charge is -2.22. The van der Waals surface area contributed by atoms with Crippen LogP contribution in [0, 0.1) is 41.5 Å². The van der Waals surface area contributed by atoms with Gasteiger partial charge in [0.1, 0.15) is 23.1 Å². The number of hydrogen-bond donors (Lipinski definition) is 13. The summed E-state index contributed by atoms with van der Waals surface area (Å²) in [6, 6.07) is 57.0. The summed E-state index contributed by atoms with van der Waals surface area (Å²) >= 11 is 24.3. The van der Waals surface area contributed by atoms with E-state index in [1.54, 1.807) is 92.4 Å². The molecule has 662 valence electrons. The minimum Gasteiger partial charge on any atom is -0.480 e. The van der Waals surface area contributed by atoms with Crippen molar-refractivity contribution in [2.75, 3.05) is 45.6 Å². The Kier molecular flexibility index (Phi) is 26.7. The van der Waals surface area contributed by atoms with Gasteiger partial charge in [-0.1, -0.05) is 94.9 Å². The minimum atomic E-state index is -1.10. The van der Waals surface area contributed by atoms with Gasteiger partial charge in [0.05, 0.1) is 100 Å². The van der Waals surface area contributed by atoms with Crippen LogP contribution in [0.3, 0.4) is 0 Å². The third-order valence-electron chi connectivity index (χ3n) is 22.3. The van der Waals surface area contributed by atoms with E-state index in [9.17, 15) is 29.4 Å². The number of aromatic nitrogens is 13. The predicted octanol–water partition coefficient (Wildman–Crippen LogP) is 16.5. The number of pyridine rings is 7. The van der Waals surface area contributed by atoms with Gasteiger partial charge >= 0.3 is 11.9 Å². The molecule has 0 saturated carbocycles. The van der Waals surface area contributed by atoms with Crippen LogP contribution in [-0.2, 0) is 50.6 Å². The van der Waals surface area contributed by atoms with Crippen molar-refractivity contribution < 1.29 is 29.4 Å². The van der Waals surface area contributed by atoms with E-state index < -0.39 is 18.0 Å². The molecule has 1 aliphatic heterocycles. The Labute approximate surface area is 769 Å². The number of anilines is 8. The van der Waals surface area contributed by atoms with E-state index in [0.29, 0.717) is 145 Å². The summed E-state index contributed by atoms with van der Waals surface area (Å²) in [5.41, 5.74) is 72.0. The number of nitrogens with two attached hydrogens (primary N) is 8. The van der Waals surface area contributed by atoms with Gasteiger partial charge in [-0.2, -0.15) is 15.3 Å². The zero-order chi connectivity index (χ0) is 92.9. The molecule has 0 radical (unpaired) electrons. The Balaban J connectivity index is 0.000000130. The Bertz CT molecular complexity index is 7470. The molecule has 21 N–H and O–H groups in total. The number of amides is 2. The van der Waals surface area contributed by atoms with Crippen molar-refractivity contribution in [3.8, 4) is 0 Å². The Hall–Kier alpha value is -15.4. The molecule has 31 nitrogen and oxygen atoms in total. The number of nitrogens with zero attached hydrogens (tertiary/aromatic N) is 14. The highest BCUT2D eigenvalue weighted by Crippen LogP contribution is 2.41. The third kappa shape index (κ3) is 20.1. The number of aliphatic carboxylic acids is 1. The molecule has 8 aromatic carbocycles. The van der Waals surface area contributed by atoms with Crippen LogP contribution in [0.5, 0.6) is 0 Å². The van der Waals surface area contributed by atoms with Crippen molar-refractivity contribution in [3.63, 3.8) is 0 Å². The van der Waals surface area contributed by atoms with Gasteiger partial charge in [0.15, 0.2) is 17.4 Å². The Morgan fingerprint density at radius 3 is 1.20 bits per heavy atom. The molecule has 19 rings (SSSR count). The molecule has 0 fully saturated rings. The number of hydrogen-bond acceptors (Lipinski definition) is 24. The molecule has 1 aliphatic rings. The normalized spacial score (nSPS) is 12.2. The number of aromatic carboxylic acids is 1. The number of nitrogens with one attached hydrogen (secondary N) is 3. The predicted molar refractivity (Wildman–Crippen MR) is 519 cm³/mol. The van der Waals surface area contributed by atoms with Crippen molar-refractivity contribution in [2.24, 2.45) is 5.73 Å². The number of carbonyl (C=O) groups is 4. The highest BCUT2D eigenvalue weighted by molar-refractivity contribution is 6.32. The summed E-state index contributed by atoms with van der Waals surface area (Å²) in [4.78, 5) is 80.0. The van der Waals surface area contributed by atoms with Crippen LogP contribution in [-0.4, -0.2) is 103 Å². The minimum absolute atomic E-state index is 0.0430. The second-order valence-electron chi connectivity index (χ2n) is 31.4. The number of carbonyl (C=O) groups excluding carboxylic acids is 2. The van der Waals surface area contributed by atoms with E-state index in [2.05, 4.69) is 61.1 Å². The van der Waals surface area contributed by atoms with E-state index >= 15 is 0 Å². The van der Waals surface area contributed by atoms with Gasteiger partial charge in [-0.25, -0.2) is 24.8 Å². The second-order valence-corrected chi connectivity index (χ2v) is 33.2. The van der Waals surface area contributed by atoms with Gasteiger partial charge in [0.25, 0.3) is 11.8 Å². The molecule has 0 spiro atoms. The number of halogens is 4. The summed E-state index contributed by atoms with van der Waals surface area (Å²) in [7, 11) is 0. The number of rotatable bonds is 17. The van der Waals surface area contributed by atoms with Crippen molar-refractivity contribution >= 4 is 192 Å². The van der Waals surface area contributed by atoms with Crippen LogP contribution >= 0.6 is 46.4 Å². The Morgan fingerprint density at radius 1 is 0.405 bits per heavy atom. The maximum atomic E-state index is 13.5. The molecular formula is C96H89Cl4N25O6. The van der Waals surface area contributed by atoms with Crippen molar-refractivity contribution in [1.82, 2.24) is 79.9 Å². The molecule has 11 heterocycles. The van der Waals surface area contributed by atoms with Gasteiger partial charge in [0, 0.05) is 118 Å². The third-order valence-corrected chi connectivity index (χ3v) is 23.1. The van der Waals surface area contributed by atoms with E-state index in [1.807, 2.05) is 181 Å². The average molecular weight is 1830 g/mol. The summed E-state index contributed by atoms with van der Waals surface area (Å²) < 4.78 is 5.13. The lowest BCUT2D eigenvalue weighted by molar-refractivity contribution is -0.142. The quantitative estimate of drug-likeness (QED) is 0.0377. The van der Waals surface area contributed by atoms with Gasteiger partial charge < -0.3 is 72.1 Å². The maximum absolute atomic E-state index is 13.5. The lowest BCUT2D eigenvalue weighted by atomic mass is 10.0. The fourth-order valence-electron chi connectivity index (χ4n) is 16.1. The molecule has 35 heteroatoms. The van der Waals surface area contributed by atoms with Crippen molar-refractivity contribution in [1.29, 1.82) is 0 Å². The first-order valence-electron chi connectivity index (χ1n) is 41.0. The lowest BCUT2D eigenvalue weighted by Crippen LogP contribution is -2.32. The molecule has 0 bridgehead atoms. The second kappa shape index (κ2) is 38.7. The number of aryl methyl sites for hydroxylation is 6. The number of benzene rings is 8. The monoisotopic (exact) mass is 1830 g/mol. The Morgan fingerprint density at radius 2 is 0.779 bits per heavy atom. The average Bonchev–Trinajstić information content (AvgIpc) is 1.64. The fourth-order valence-corrected chi connectivity index (χ4v) is 16.8. The van der Waals surface area contributed by atoms with Gasteiger partial charge in [-0.05, 0) is 237 Å². The van der Waals surface area contributed by atoms with Crippen LogP contribution in [0.15, 0.2) is 213 Å². The SMILES string of the molecule is Cc1cc(N)nc(C)c1CN.Cc1cc(N)nc(C)c1CNC(=O)c1c2c(N)cccc2nn1Cc1ccc2ncc(Cl)cc2c1.Cc1cc(N)nc(C)c1CNC(=O)c1nn(Cc2ccc3ncc(Cl)cc3c2)c2cccc(N)c12.Nc1cccc2c1C(C(=O)O)N(Cc1ccc3ncc(Cl)cc3c1)N2.Nc1cccc2c1c(C(=O)O)nn2Cc1ccc2ncc(Cl)cc2c1. The topological polar surface area (TPSA) is 500 Å². The van der Waals surface area contributed by atoms with Crippen molar-refractivity contribution in [2.45, 2.75) is 93.4 Å². The smallest absolute Gasteiger partial charge is 0.357 e. The molecule has 0 aliphatic carbocycles. The fraction of sp³-hybridized carbons (Fsp3) is 0.146. The largest absolute Gasteiger partial charge is 0.480 e. The standard InChI is InChI=1S/2C26H24ClN7O.C18H13ClN4O2.C18H15ClN4O2.C8H13N3/c1-14-8-23(29)32-15(2)19(14)12-31-26(35)25-24-20(28)4-3-5-22(24)34(33-25)13-16-6-7-21-17(9-16)10-18(27)11-30-21;1-14-8-23(29)32-15(2)19(14)12-31-26(35)25-24-20(28)4-3-5-22(24)33-34(25)13-16-6-7-21-17(9-16)10-18(27)11-30-21;19-12-7-11-6-10(4-5-14(11)21-8-12)9-23-15-3-1-2-13(20)16(15)17(22-23)18(24)25;19-12-7-11-6-10(4-5-14(11)21-8-12)9-23-17(18(24)25)16-13(20)2-1-3-15(16)22-23;1-5-3-8(10)11-6(2)7(5)4-9/h2*3-11H,12-13,28H2,1-2H3,(H2,29,32)(H,31,35);1-8H,9,20H2,(H,24,25);1-8,17,22H,9,20H2,(H,24,25);3H,4,9H2,1-2H3,(H2,10,11). The van der Waals surface area contributed by atoms with E-state index in [4.69, 9.17) is 97.4 Å². The van der Waals surface area contributed by atoms with E-state index in [-0.39, 0.29) is 23.2 Å². The van der Waals surface area contributed by atoms with E-state index in [1.165, 1.54) is 0 Å². The van der Waals surface area contributed by atoms with Crippen LogP contribution in [0.2, 0.25) is 20.1 Å². The molecule has 1 unspecified atom stereocenters. The number of hydrazine groups is 1. The summed E-state index contributed by atoms with van der Waals surface area (Å²) in [6.07, 6.45) is 6.45. The first kappa shape index (κ1) is 90.4. The summed E-state index contributed by atoms with van der Waals surface area (Å²) in [5, 5.41) is 48.0. The molecule has 0 saturated heterocycles. The zero-order valence-corrected chi connectivity index (χ0v) is 74.7. The molecule has 2 amide bonds. The molecule has 18 aromatic rings. The summed E-state index contributed by atoms with van der Waals surface area (Å²) in [5.74, 6) is -1.15. The molecular weight excluding hydrogens is 1740 g/mol. The van der Waals surface area contributed by atoms with Crippen LogP contribution < -0.4 is 61.9 Å². The molecule has 10 aromatic heterocycles. The van der Waals surface area contributed by atoms with Gasteiger partial charge in [-0.3, -0.25) is 48.4 Å². The van der Waals surface area contributed by atoms with Gasteiger partial charge in [-0.15, -0.1) is 0 Å². The first-order valence-corrected chi connectivity index (χ1v) is 42.6. The first-order chi connectivity index (χ1) is 62.8. The number of carboxylic acids is 2. The molecule has 1 atom stereocenters. The van der Waals surface area contributed by atoms with Crippen LogP contribution in [0.4, 0.5) is 45.9 Å². The zero-order valence-electron chi connectivity index (χ0n) is 71.7. The maximum Gasteiger partial charge on any atom is 0.357 e. The van der Waals surface area contributed by atoms with Gasteiger partial charge in [0.2, 0.25) is 0 Å². The highest BCUT2D eigenvalue weighted by Gasteiger charge is 2.38. The van der Waals surface area contributed by atoms with Crippen LogP contribution in [0.1, 0.15) is 116 Å². The van der Waals surface area contributed by atoms with E-state index in [0.717, 1.165) is 128 Å².